The van der Waals surface area contributed by atoms with Gasteiger partial charge < -0.3 is 15.5 Å². The predicted molar refractivity (Wildman–Crippen MR) is 245 cm³/mol. The molecule has 61 heavy (non-hydrogen) atoms. The maximum absolute atomic E-state index is 13.0. The Morgan fingerprint density at radius 3 is 2.15 bits per heavy atom. The fourth-order valence-corrected chi connectivity index (χ4v) is 9.83. The van der Waals surface area contributed by atoms with Gasteiger partial charge in [-0.25, -0.2) is 9.59 Å². The lowest BCUT2D eigenvalue weighted by molar-refractivity contribution is 0.259. The van der Waals surface area contributed by atoms with Crippen molar-refractivity contribution in [2.24, 2.45) is 21.8 Å². The number of hydrogen-bond donors (Lipinski definition) is 2. The van der Waals surface area contributed by atoms with E-state index in [0.717, 1.165) is 45.6 Å². The zero-order valence-corrected chi connectivity index (χ0v) is 32.9. The van der Waals surface area contributed by atoms with Gasteiger partial charge in [-0.05, 0) is 110 Å². The monoisotopic (exact) mass is 787 g/mol. The summed E-state index contributed by atoms with van der Waals surface area (Å²) >= 11 is 0. The Hall–Kier alpha value is -7.90. The fourth-order valence-electron chi connectivity index (χ4n) is 9.83. The van der Waals surface area contributed by atoms with Crippen molar-refractivity contribution in [3.05, 3.63) is 221 Å². The summed E-state index contributed by atoms with van der Waals surface area (Å²) < 4.78 is 0. The number of amides is 4. The molecule has 2 N–H and O–H groups in total. The number of benzene rings is 6. The van der Waals surface area contributed by atoms with Gasteiger partial charge in [0, 0.05) is 40.2 Å². The van der Waals surface area contributed by atoms with E-state index in [4.69, 9.17) is 0 Å². The Labute approximate surface area is 351 Å². The highest BCUT2D eigenvalue weighted by Gasteiger charge is 2.34. The van der Waals surface area contributed by atoms with Crippen molar-refractivity contribution in [3.63, 3.8) is 0 Å². The molecule has 7 nitrogen and oxygen atoms in total. The van der Waals surface area contributed by atoms with Crippen LogP contribution < -0.4 is 26.2 Å². The molecule has 2 aliphatic heterocycles. The third-order valence-electron chi connectivity index (χ3n) is 12.8. The van der Waals surface area contributed by atoms with Crippen LogP contribution in [0.1, 0.15) is 23.5 Å². The fraction of sp³-hybridized carbons (Fsp3) is 0.0741. The Morgan fingerprint density at radius 2 is 1.30 bits per heavy atom. The number of rotatable bonds is 6. The summed E-state index contributed by atoms with van der Waals surface area (Å²) in [4.78, 5) is 36.4. The molecule has 290 valence electrons. The predicted octanol–water partition coefficient (Wildman–Crippen LogP) is 11.9. The van der Waals surface area contributed by atoms with E-state index in [1.807, 2.05) is 12.1 Å². The number of nitrogens with zero attached hydrogens (tertiary/aromatic N) is 3. The van der Waals surface area contributed by atoms with Crippen LogP contribution in [0, 0.1) is 11.8 Å². The standard InChI is InChI=1S/C54H37N5O2/c60-53-55-47-27-21-40-31-46(50-52(58-54(61)56-50)49(40)51(47)57-53)44-26-28-48(45-12-6-5-11-43(44)45)59(41-22-17-34(18-23-41)38-15-13-32-7-1-3-9-36(32)29-38)42-24-19-35(20-25-42)39-16-14-33-8-2-4-10-37(33)30-39/h1-29,31,37,43-44H,30H2,(H,55,57,60)(H,56,58,61). The third kappa shape index (κ3) is 5.88. The van der Waals surface area contributed by atoms with Gasteiger partial charge >= 0.3 is 12.1 Å². The van der Waals surface area contributed by atoms with Gasteiger partial charge in [0.15, 0.2) is 0 Å². The van der Waals surface area contributed by atoms with E-state index < -0.39 is 12.1 Å². The molecule has 6 aromatic carbocycles. The van der Waals surface area contributed by atoms with E-state index in [2.05, 4.69) is 195 Å². The highest BCUT2D eigenvalue weighted by Crippen LogP contribution is 2.45. The van der Waals surface area contributed by atoms with E-state index in [9.17, 15) is 9.59 Å². The average molecular weight is 788 g/mol. The number of anilines is 4. The minimum Gasteiger partial charge on any atom is -0.310 e. The first kappa shape index (κ1) is 35.1. The zero-order chi connectivity index (χ0) is 40.6. The van der Waals surface area contributed by atoms with Crippen molar-refractivity contribution in [2.45, 2.75) is 12.3 Å². The molecular weight excluding hydrogens is 751 g/mol. The van der Waals surface area contributed by atoms with Crippen molar-refractivity contribution in [1.29, 1.82) is 0 Å². The molecule has 6 aliphatic rings. The quantitative estimate of drug-likeness (QED) is 0.176. The minimum atomic E-state index is -0.428. The molecule has 12 rings (SSSR count). The number of urea groups is 2. The molecule has 3 atom stereocenters. The first-order valence-electron chi connectivity index (χ1n) is 20.7. The molecule has 6 aromatic rings. The van der Waals surface area contributed by atoms with E-state index >= 15 is 0 Å². The van der Waals surface area contributed by atoms with Crippen molar-refractivity contribution < 1.29 is 9.59 Å². The lowest BCUT2D eigenvalue weighted by Crippen LogP contribution is -2.27. The lowest BCUT2D eigenvalue weighted by Gasteiger charge is -2.36. The summed E-state index contributed by atoms with van der Waals surface area (Å²) in [5, 5.41) is 10.9. The topological polar surface area (TPSA) is 86.2 Å². The highest BCUT2D eigenvalue weighted by molar-refractivity contribution is 6.08. The van der Waals surface area contributed by atoms with Crippen LogP contribution >= 0.6 is 0 Å². The molecule has 7 heteroatoms. The number of nitrogens with one attached hydrogen (secondary N) is 2. The second-order valence-electron chi connectivity index (χ2n) is 16.2. The minimum absolute atomic E-state index is 0.0515. The van der Waals surface area contributed by atoms with Crippen molar-refractivity contribution >= 4 is 61.9 Å². The van der Waals surface area contributed by atoms with E-state index in [0.29, 0.717) is 33.4 Å². The van der Waals surface area contributed by atoms with Crippen LogP contribution in [-0.2, 0) is 0 Å². The number of carbonyl (C=O) groups excluding carboxylic acids is 2. The second kappa shape index (κ2) is 13.9. The summed E-state index contributed by atoms with van der Waals surface area (Å²) in [7, 11) is 0. The van der Waals surface area contributed by atoms with Crippen molar-refractivity contribution in [3.8, 4) is 11.1 Å². The average Bonchev–Trinajstić information content (AvgIpc) is 3.90. The molecule has 0 saturated heterocycles. The van der Waals surface area contributed by atoms with Gasteiger partial charge in [0.25, 0.3) is 0 Å². The molecule has 4 amide bonds. The first-order valence-corrected chi connectivity index (χ1v) is 20.7. The second-order valence-corrected chi connectivity index (χ2v) is 16.2. The van der Waals surface area contributed by atoms with E-state index in [1.165, 1.54) is 33.0 Å². The van der Waals surface area contributed by atoms with Crippen LogP contribution in [-0.4, -0.2) is 12.1 Å². The summed E-state index contributed by atoms with van der Waals surface area (Å²) in [6, 6.07) is 38.1. The molecule has 4 aliphatic carbocycles. The van der Waals surface area contributed by atoms with Crippen LogP contribution in [0.5, 0.6) is 0 Å². The maximum atomic E-state index is 13.0. The highest BCUT2D eigenvalue weighted by atomic mass is 16.2. The normalized spacial score (nSPS) is 20.3. The largest absolute Gasteiger partial charge is 0.346 e. The molecule has 0 radical (unpaired) electrons. The van der Waals surface area contributed by atoms with Crippen molar-refractivity contribution in [2.75, 3.05) is 15.5 Å². The molecule has 2 heterocycles. The summed E-state index contributed by atoms with van der Waals surface area (Å²) in [5.41, 5.74) is 12.7. The number of fused-ring (bicyclic) bond motifs is 8. The van der Waals surface area contributed by atoms with Crippen molar-refractivity contribution in [1.82, 2.24) is 0 Å². The van der Waals surface area contributed by atoms with Gasteiger partial charge in [0.2, 0.25) is 0 Å². The van der Waals surface area contributed by atoms with Crippen LogP contribution in [0.25, 0.3) is 38.2 Å². The molecular formula is C54H37N5O2. The SMILES string of the molecule is O=C1N=c2c(ccc3cc(C4C=CC(N(c5ccc(C6=CC=C7C=CC=CC7C6)cc5)c5ccc(-c6ccc7ccccc7c6)cc5)=C5C=CC=CC54)c4c(c23)NC(=O)N=4)N1. The number of carbonyl (C=O) groups is 2. The van der Waals surface area contributed by atoms with E-state index in [-0.39, 0.29) is 11.8 Å². The number of hydrogen-bond acceptors (Lipinski definition) is 3. The van der Waals surface area contributed by atoms with Crippen LogP contribution in [0.2, 0.25) is 0 Å². The van der Waals surface area contributed by atoms with Crippen LogP contribution in [0.4, 0.5) is 32.3 Å². The summed E-state index contributed by atoms with van der Waals surface area (Å²) in [6.07, 6.45) is 27.4. The van der Waals surface area contributed by atoms with E-state index in [1.54, 1.807) is 0 Å². The Balaban J connectivity index is 0.968. The van der Waals surface area contributed by atoms with Crippen LogP contribution in [0.3, 0.4) is 0 Å². The molecule has 3 unspecified atom stereocenters. The Kier molecular flexibility index (Phi) is 7.97. The molecule has 0 fully saturated rings. The Morgan fingerprint density at radius 1 is 0.574 bits per heavy atom. The van der Waals surface area contributed by atoms with Crippen LogP contribution in [0.15, 0.2) is 209 Å². The first-order chi connectivity index (χ1) is 30.0. The maximum Gasteiger partial charge on any atom is 0.346 e. The summed E-state index contributed by atoms with van der Waals surface area (Å²) in [6.45, 7) is 0. The molecule has 0 bridgehead atoms. The van der Waals surface area contributed by atoms with Gasteiger partial charge in [-0.3, -0.25) is 0 Å². The van der Waals surface area contributed by atoms with Gasteiger partial charge in [0.1, 0.15) is 5.36 Å². The van der Waals surface area contributed by atoms with Gasteiger partial charge in [-0.1, -0.05) is 134 Å². The lowest BCUT2D eigenvalue weighted by atomic mass is 9.74. The number of allylic oxidation sites excluding steroid dienone is 15. The zero-order valence-electron chi connectivity index (χ0n) is 32.9. The smallest absolute Gasteiger partial charge is 0.310 e. The Bertz CT molecular complexity index is 3320. The molecule has 0 aromatic heterocycles. The third-order valence-corrected chi connectivity index (χ3v) is 12.8. The van der Waals surface area contributed by atoms with Gasteiger partial charge in [0.05, 0.1) is 16.7 Å². The van der Waals surface area contributed by atoms with Gasteiger partial charge in [-0.15, -0.1) is 0 Å². The molecule has 0 saturated carbocycles. The summed E-state index contributed by atoms with van der Waals surface area (Å²) in [5.74, 6) is 0.225. The van der Waals surface area contributed by atoms with Gasteiger partial charge in [-0.2, -0.15) is 9.98 Å². The molecule has 0 spiro atoms.